The predicted octanol–water partition coefficient (Wildman–Crippen LogP) is 1.33. The molecular formula is C23H27FN8O2. The third kappa shape index (κ3) is 4.92. The maximum Gasteiger partial charge on any atom is 0.317 e. The summed E-state index contributed by atoms with van der Waals surface area (Å²) in [5.74, 6) is 0.438. The fourth-order valence-corrected chi connectivity index (χ4v) is 4.54. The number of carbonyl (C=O) groups is 2. The molecule has 3 amide bonds. The highest BCUT2D eigenvalue weighted by Gasteiger charge is 2.28. The van der Waals surface area contributed by atoms with Crippen molar-refractivity contribution in [3.05, 3.63) is 54.1 Å². The highest BCUT2D eigenvalue weighted by molar-refractivity contribution is 5.79. The van der Waals surface area contributed by atoms with E-state index in [4.69, 9.17) is 0 Å². The number of fused-ring (bicyclic) bond motifs is 1. The van der Waals surface area contributed by atoms with Gasteiger partial charge in [-0.05, 0) is 42.7 Å². The Morgan fingerprint density at radius 2 is 1.91 bits per heavy atom. The first kappa shape index (κ1) is 22.1. The summed E-state index contributed by atoms with van der Waals surface area (Å²) in [6.07, 6.45) is 3.28. The minimum absolute atomic E-state index is 0.0277. The number of nitrogens with zero attached hydrogens (tertiary/aromatic N) is 7. The molecule has 0 radical (unpaired) electrons. The van der Waals surface area contributed by atoms with Crippen molar-refractivity contribution in [1.29, 1.82) is 0 Å². The predicted molar refractivity (Wildman–Crippen MR) is 123 cm³/mol. The molecule has 10 nitrogen and oxygen atoms in total. The van der Waals surface area contributed by atoms with Crippen LogP contribution in [-0.4, -0.2) is 86.9 Å². The van der Waals surface area contributed by atoms with Gasteiger partial charge < -0.3 is 20.0 Å². The van der Waals surface area contributed by atoms with Gasteiger partial charge in [0, 0.05) is 45.3 Å². The molecular weight excluding hydrogens is 439 g/mol. The lowest BCUT2D eigenvalue weighted by atomic mass is 10.1. The van der Waals surface area contributed by atoms with E-state index < -0.39 is 0 Å². The molecule has 11 heteroatoms. The average molecular weight is 467 g/mol. The molecule has 34 heavy (non-hydrogen) atoms. The quantitative estimate of drug-likeness (QED) is 0.623. The van der Waals surface area contributed by atoms with Gasteiger partial charge in [-0.1, -0.05) is 12.1 Å². The minimum atomic E-state index is -0.343. The molecule has 0 bridgehead atoms. The summed E-state index contributed by atoms with van der Waals surface area (Å²) < 4.78 is 15.1. The fraction of sp³-hybridized carbons (Fsp3) is 0.435. The van der Waals surface area contributed by atoms with E-state index in [0.717, 1.165) is 18.8 Å². The molecule has 3 aromatic rings. The van der Waals surface area contributed by atoms with Crippen molar-refractivity contribution in [1.82, 2.24) is 34.9 Å². The van der Waals surface area contributed by atoms with Crippen LogP contribution in [0.5, 0.6) is 0 Å². The molecule has 5 rings (SSSR count). The van der Waals surface area contributed by atoms with Gasteiger partial charge in [0.15, 0.2) is 5.65 Å². The number of carbonyl (C=O) groups excluding carboxylic acids is 2. The van der Waals surface area contributed by atoms with Crippen molar-refractivity contribution in [3.63, 3.8) is 0 Å². The molecule has 2 aromatic heterocycles. The van der Waals surface area contributed by atoms with Crippen molar-refractivity contribution in [3.8, 4) is 0 Å². The van der Waals surface area contributed by atoms with Crippen LogP contribution in [0, 0.1) is 5.82 Å². The SMILES string of the molecule is O=C(Cc1cccc(F)c1)N1CCCN(C(=O)NC2CCN(c3ccc4nncn4n3)C2)CC1. The van der Waals surface area contributed by atoms with E-state index in [1.807, 2.05) is 12.1 Å². The highest BCUT2D eigenvalue weighted by atomic mass is 19.1. The number of nitrogens with one attached hydrogen (secondary N) is 1. The third-order valence-corrected chi connectivity index (χ3v) is 6.37. The molecule has 0 spiro atoms. The number of aromatic nitrogens is 4. The Morgan fingerprint density at radius 1 is 1.06 bits per heavy atom. The van der Waals surface area contributed by atoms with E-state index in [1.54, 1.807) is 32.8 Å². The molecule has 0 aliphatic carbocycles. The summed E-state index contributed by atoms with van der Waals surface area (Å²) in [7, 11) is 0. The number of hydrogen-bond acceptors (Lipinski definition) is 6. The number of benzene rings is 1. The Balaban J connectivity index is 1.12. The molecule has 1 aromatic carbocycles. The largest absolute Gasteiger partial charge is 0.353 e. The molecule has 178 valence electrons. The summed E-state index contributed by atoms with van der Waals surface area (Å²) in [6, 6.07) is 9.84. The topological polar surface area (TPSA) is 99.0 Å². The molecule has 2 aliphatic rings. The van der Waals surface area contributed by atoms with E-state index >= 15 is 0 Å². The van der Waals surface area contributed by atoms with Crippen LogP contribution in [-0.2, 0) is 11.2 Å². The molecule has 2 saturated heterocycles. The number of urea groups is 1. The molecule has 2 fully saturated rings. The maximum atomic E-state index is 13.4. The zero-order valence-electron chi connectivity index (χ0n) is 18.8. The summed E-state index contributed by atoms with van der Waals surface area (Å²) in [5.41, 5.74) is 1.35. The first-order chi connectivity index (χ1) is 16.5. The van der Waals surface area contributed by atoms with Gasteiger partial charge in [-0.15, -0.1) is 15.3 Å². The summed E-state index contributed by atoms with van der Waals surface area (Å²) in [6.45, 7) is 3.61. The Labute approximate surface area is 196 Å². The van der Waals surface area contributed by atoms with Gasteiger partial charge in [-0.2, -0.15) is 4.52 Å². The lowest BCUT2D eigenvalue weighted by Crippen LogP contribution is -2.47. The Bertz CT molecular complexity index is 1180. The van der Waals surface area contributed by atoms with E-state index in [9.17, 15) is 14.0 Å². The van der Waals surface area contributed by atoms with Crippen molar-refractivity contribution >= 4 is 23.4 Å². The number of anilines is 1. The monoisotopic (exact) mass is 466 g/mol. The Morgan fingerprint density at radius 3 is 2.79 bits per heavy atom. The molecule has 1 N–H and O–H groups in total. The third-order valence-electron chi connectivity index (χ3n) is 6.37. The van der Waals surface area contributed by atoms with Crippen LogP contribution in [0.2, 0.25) is 0 Å². The van der Waals surface area contributed by atoms with Crippen molar-refractivity contribution in [2.24, 2.45) is 0 Å². The number of rotatable bonds is 4. The van der Waals surface area contributed by atoms with Crippen LogP contribution in [0.3, 0.4) is 0 Å². The molecule has 2 aliphatic heterocycles. The van der Waals surface area contributed by atoms with Gasteiger partial charge in [0.2, 0.25) is 5.91 Å². The Hall–Kier alpha value is -3.76. The zero-order chi connectivity index (χ0) is 23.5. The normalized spacial score (nSPS) is 18.9. The minimum Gasteiger partial charge on any atom is -0.353 e. The second-order valence-electron chi connectivity index (χ2n) is 8.73. The van der Waals surface area contributed by atoms with Gasteiger partial charge in [-0.3, -0.25) is 4.79 Å². The summed E-state index contributed by atoms with van der Waals surface area (Å²) in [5, 5.41) is 15.5. The van der Waals surface area contributed by atoms with Crippen LogP contribution in [0.4, 0.5) is 15.0 Å². The first-order valence-corrected chi connectivity index (χ1v) is 11.5. The van der Waals surface area contributed by atoms with Crippen molar-refractivity contribution < 1.29 is 14.0 Å². The molecule has 1 unspecified atom stereocenters. The van der Waals surface area contributed by atoms with Gasteiger partial charge in [-0.25, -0.2) is 9.18 Å². The standard InChI is InChI=1S/C23H27FN8O2/c24-18-4-1-3-17(13-18)14-22(33)29-8-2-9-30(12-11-29)23(34)26-19-7-10-31(15-19)21-6-5-20-27-25-16-32(20)28-21/h1,3-6,13,16,19H,2,7-12,14-15H2,(H,26,34). The van der Waals surface area contributed by atoms with E-state index in [1.165, 1.54) is 12.1 Å². The van der Waals surface area contributed by atoms with Crippen molar-refractivity contribution in [2.75, 3.05) is 44.2 Å². The van der Waals surface area contributed by atoms with Crippen LogP contribution in [0.1, 0.15) is 18.4 Å². The molecule has 4 heterocycles. The fourth-order valence-electron chi connectivity index (χ4n) is 4.54. The molecule has 0 saturated carbocycles. The van der Waals surface area contributed by atoms with Crippen LogP contribution < -0.4 is 10.2 Å². The first-order valence-electron chi connectivity index (χ1n) is 11.5. The maximum absolute atomic E-state index is 13.4. The second kappa shape index (κ2) is 9.62. The van der Waals surface area contributed by atoms with Gasteiger partial charge in [0.25, 0.3) is 0 Å². The second-order valence-corrected chi connectivity index (χ2v) is 8.73. The van der Waals surface area contributed by atoms with Crippen LogP contribution in [0.15, 0.2) is 42.7 Å². The Kier molecular flexibility index (Phi) is 6.24. The van der Waals surface area contributed by atoms with Crippen molar-refractivity contribution in [2.45, 2.75) is 25.3 Å². The number of hydrogen-bond donors (Lipinski definition) is 1. The van der Waals surface area contributed by atoms with E-state index in [0.29, 0.717) is 50.4 Å². The van der Waals surface area contributed by atoms with E-state index in [-0.39, 0.29) is 30.2 Å². The van der Waals surface area contributed by atoms with Gasteiger partial charge in [0.1, 0.15) is 18.0 Å². The van der Waals surface area contributed by atoms with Crippen LogP contribution in [0.25, 0.3) is 5.65 Å². The number of amides is 3. The zero-order valence-corrected chi connectivity index (χ0v) is 18.8. The number of halogens is 1. The molecule has 1 atom stereocenters. The lowest BCUT2D eigenvalue weighted by Gasteiger charge is -2.24. The summed E-state index contributed by atoms with van der Waals surface area (Å²) >= 11 is 0. The van der Waals surface area contributed by atoms with Crippen LogP contribution >= 0.6 is 0 Å². The average Bonchev–Trinajstić information content (AvgIpc) is 3.41. The van der Waals surface area contributed by atoms with Gasteiger partial charge >= 0.3 is 6.03 Å². The lowest BCUT2D eigenvalue weighted by molar-refractivity contribution is -0.130. The van der Waals surface area contributed by atoms with Gasteiger partial charge in [0.05, 0.1) is 6.42 Å². The summed E-state index contributed by atoms with van der Waals surface area (Å²) in [4.78, 5) is 31.3. The van der Waals surface area contributed by atoms with E-state index in [2.05, 4.69) is 25.5 Å². The highest BCUT2D eigenvalue weighted by Crippen LogP contribution is 2.18. The smallest absolute Gasteiger partial charge is 0.317 e.